The Hall–Kier alpha value is -0.470. The van der Waals surface area contributed by atoms with Gasteiger partial charge in [0, 0.05) is 17.2 Å². The van der Waals surface area contributed by atoms with E-state index in [0.29, 0.717) is 0 Å². The second-order valence-electron chi connectivity index (χ2n) is 3.80. The van der Waals surface area contributed by atoms with E-state index in [1.807, 2.05) is 11.8 Å². The molecule has 15 heavy (non-hydrogen) atoms. The first-order valence-corrected chi connectivity index (χ1v) is 6.69. The van der Waals surface area contributed by atoms with Gasteiger partial charge in [0.1, 0.15) is 0 Å². The van der Waals surface area contributed by atoms with Crippen molar-refractivity contribution >= 4 is 11.8 Å². The lowest BCUT2D eigenvalue weighted by Crippen LogP contribution is -2.02. The fourth-order valence-electron chi connectivity index (χ4n) is 1.64. The minimum Gasteiger partial charge on any atom is -0.330 e. The molecule has 1 rings (SSSR count). The second kappa shape index (κ2) is 6.91. The van der Waals surface area contributed by atoms with Gasteiger partial charge in [0.2, 0.25) is 0 Å². The average molecular weight is 223 g/mol. The van der Waals surface area contributed by atoms with Crippen molar-refractivity contribution in [2.75, 3.05) is 12.3 Å². The highest BCUT2D eigenvalue weighted by molar-refractivity contribution is 7.99. The van der Waals surface area contributed by atoms with E-state index in [1.54, 1.807) is 0 Å². The Labute approximate surface area is 97.4 Å². The molecular formula is C13H21NS. The van der Waals surface area contributed by atoms with E-state index in [2.05, 4.69) is 32.0 Å². The van der Waals surface area contributed by atoms with Crippen molar-refractivity contribution < 1.29 is 0 Å². The third-order valence-corrected chi connectivity index (χ3v) is 3.77. The van der Waals surface area contributed by atoms with E-state index < -0.39 is 0 Å². The molecule has 1 aromatic carbocycles. The normalized spacial score (nSPS) is 10.6. The Morgan fingerprint density at radius 3 is 2.80 bits per heavy atom. The summed E-state index contributed by atoms with van der Waals surface area (Å²) in [6.45, 7) is 5.18. The Morgan fingerprint density at radius 2 is 2.13 bits per heavy atom. The zero-order chi connectivity index (χ0) is 11.1. The Morgan fingerprint density at radius 1 is 1.33 bits per heavy atom. The number of hydrogen-bond donors (Lipinski definition) is 1. The van der Waals surface area contributed by atoms with Gasteiger partial charge >= 0.3 is 0 Å². The van der Waals surface area contributed by atoms with Gasteiger partial charge < -0.3 is 5.73 Å². The topological polar surface area (TPSA) is 26.0 Å². The van der Waals surface area contributed by atoms with Gasteiger partial charge in [0.05, 0.1) is 0 Å². The Kier molecular flexibility index (Phi) is 5.81. The predicted octanol–water partition coefficient (Wildman–Crippen LogP) is 3.39. The number of aryl methyl sites for hydroxylation is 2. The lowest BCUT2D eigenvalue weighted by Gasteiger charge is -2.11. The van der Waals surface area contributed by atoms with Crippen LogP contribution in [0.5, 0.6) is 0 Å². The molecule has 0 saturated heterocycles. The van der Waals surface area contributed by atoms with E-state index in [-0.39, 0.29) is 0 Å². The van der Waals surface area contributed by atoms with Crippen LogP contribution < -0.4 is 5.73 Å². The van der Waals surface area contributed by atoms with E-state index in [9.17, 15) is 0 Å². The monoisotopic (exact) mass is 223 g/mol. The Balaban J connectivity index is 2.77. The lowest BCUT2D eigenvalue weighted by molar-refractivity contribution is 0.783. The maximum atomic E-state index is 5.56. The highest BCUT2D eigenvalue weighted by Gasteiger charge is 2.05. The molecular weight excluding hydrogens is 202 g/mol. The van der Waals surface area contributed by atoms with Gasteiger partial charge in [-0.05, 0) is 30.9 Å². The van der Waals surface area contributed by atoms with Gasteiger partial charge in [-0.25, -0.2) is 0 Å². The first-order chi connectivity index (χ1) is 7.29. The van der Waals surface area contributed by atoms with Gasteiger partial charge in [0.25, 0.3) is 0 Å². The number of nitrogens with two attached hydrogens (primary N) is 1. The van der Waals surface area contributed by atoms with Gasteiger partial charge in [0.15, 0.2) is 0 Å². The van der Waals surface area contributed by atoms with Crippen LogP contribution in [-0.4, -0.2) is 12.3 Å². The van der Waals surface area contributed by atoms with Crippen molar-refractivity contribution in [1.29, 1.82) is 0 Å². The minimum absolute atomic E-state index is 0.756. The van der Waals surface area contributed by atoms with E-state index in [1.165, 1.54) is 35.3 Å². The van der Waals surface area contributed by atoms with Crippen LogP contribution in [0.1, 0.15) is 30.9 Å². The molecule has 0 fully saturated rings. The minimum atomic E-state index is 0.756. The molecule has 0 bridgehead atoms. The second-order valence-corrected chi connectivity index (χ2v) is 4.91. The first-order valence-electron chi connectivity index (χ1n) is 5.71. The number of unbranched alkanes of at least 4 members (excludes halogenated alkanes) is 1. The molecule has 0 heterocycles. The maximum absolute atomic E-state index is 5.56. The van der Waals surface area contributed by atoms with Crippen molar-refractivity contribution in [3.63, 3.8) is 0 Å². The number of hydrogen-bond acceptors (Lipinski definition) is 2. The predicted molar refractivity (Wildman–Crippen MR) is 69.6 cm³/mol. The maximum Gasteiger partial charge on any atom is 0.0134 e. The first kappa shape index (κ1) is 12.6. The molecule has 0 spiro atoms. The van der Waals surface area contributed by atoms with E-state index in [4.69, 9.17) is 5.73 Å². The third-order valence-electron chi connectivity index (χ3n) is 2.46. The number of thioether (sulfide) groups is 1. The molecule has 0 radical (unpaired) electrons. The third kappa shape index (κ3) is 3.88. The Bertz CT molecular complexity index is 297. The summed E-state index contributed by atoms with van der Waals surface area (Å²) in [4.78, 5) is 1.46. The van der Waals surface area contributed by atoms with Crippen LogP contribution in [0.3, 0.4) is 0 Å². The lowest BCUT2D eigenvalue weighted by atomic mass is 10.1. The number of benzene rings is 1. The van der Waals surface area contributed by atoms with Crippen LogP contribution >= 0.6 is 11.8 Å². The summed E-state index contributed by atoms with van der Waals surface area (Å²) in [6.07, 6.45) is 3.74. The zero-order valence-electron chi connectivity index (χ0n) is 9.75. The average Bonchev–Trinajstić information content (AvgIpc) is 2.25. The van der Waals surface area contributed by atoms with Gasteiger partial charge in [-0.3, -0.25) is 0 Å². The quantitative estimate of drug-likeness (QED) is 0.748. The molecule has 0 aliphatic carbocycles. The molecule has 2 N–H and O–H groups in total. The van der Waals surface area contributed by atoms with Crippen LogP contribution in [-0.2, 0) is 6.42 Å². The molecule has 0 aliphatic rings. The molecule has 1 aromatic rings. The van der Waals surface area contributed by atoms with Crippen LogP contribution in [0.25, 0.3) is 0 Å². The molecule has 0 aliphatic heterocycles. The molecule has 0 atom stereocenters. The van der Waals surface area contributed by atoms with Gasteiger partial charge in [-0.2, -0.15) is 0 Å². The molecule has 84 valence electrons. The molecule has 0 unspecified atom stereocenters. The summed E-state index contributed by atoms with van der Waals surface area (Å²) < 4.78 is 0. The summed E-state index contributed by atoms with van der Waals surface area (Å²) in [6, 6.07) is 6.60. The van der Waals surface area contributed by atoms with Crippen LogP contribution in [0.4, 0.5) is 0 Å². The van der Waals surface area contributed by atoms with Crippen LogP contribution in [0.2, 0.25) is 0 Å². The molecule has 0 saturated carbocycles. The van der Waals surface area contributed by atoms with Crippen molar-refractivity contribution in [2.45, 2.75) is 38.0 Å². The summed E-state index contributed by atoms with van der Waals surface area (Å²) >= 11 is 1.90. The smallest absolute Gasteiger partial charge is 0.0134 e. The van der Waals surface area contributed by atoms with Crippen molar-refractivity contribution in [1.82, 2.24) is 0 Å². The number of rotatable bonds is 6. The molecule has 0 aromatic heterocycles. The van der Waals surface area contributed by atoms with Crippen molar-refractivity contribution in [3.05, 3.63) is 29.3 Å². The highest BCUT2D eigenvalue weighted by atomic mass is 32.2. The fraction of sp³-hybridized carbons (Fsp3) is 0.538. The SMILES string of the molecule is CCCCc1cccc(C)c1SCCN. The zero-order valence-corrected chi connectivity index (χ0v) is 10.6. The fourth-order valence-corrected chi connectivity index (χ4v) is 2.62. The molecule has 2 heteroatoms. The van der Waals surface area contributed by atoms with E-state index in [0.717, 1.165) is 12.3 Å². The summed E-state index contributed by atoms with van der Waals surface area (Å²) in [7, 11) is 0. The highest BCUT2D eigenvalue weighted by Crippen LogP contribution is 2.27. The van der Waals surface area contributed by atoms with Crippen LogP contribution in [0, 0.1) is 6.92 Å². The van der Waals surface area contributed by atoms with Gasteiger partial charge in [-0.1, -0.05) is 31.5 Å². The molecule has 1 nitrogen and oxygen atoms in total. The van der Waals surface area contributed by atoms with E-state index >= 15 is 0 Å². The summed E-state index contributed by atoms with van der Waals surface area (Å²) in [5, 5.41) is 0. The largest absolute Gasteiger partial charge is 0.330 e. The van der Waals surface area contributed by atoms with Crippen LogP contribution in [0.15, 0.2) is 23.1 Å². The standard InChI is InChI=1S/C13H21NS/c1-3-4-7-12-8-5-6-11(2)13(12)15-10-9-14/h5-6,8H,3-4,7,9-10,14H2,1-2H3. The summed E-state index contributed by atoms with van der Waals surface area (Å²) in [5.74, 6) is 1.02. The summed E-state index contributed by atoms with van der Waals surface area (Å²) in [5.41, 5.74) is 8.44. The van der Waals surface area contributed by atoms with Gasteiger partial charge in [-0.15, -0.1) is 11.8 Å². The van der Waals surface area contributed by atoms with Crippen molar-refractivity contribution in [2.24, 2.45) is 5.73 Å². The van der Waals surface area contributed by atoms with Crippen molar-refractivity contribution in [3.8, 4) is 0 Å². The molecule has 0 amide bonds.